The molecule has 2 aromatic heterocycles. The maximum atomic E-state index is 2.59. The van der Waals surface area contributed by atoms with Crippen molar-refractivity contribution in [2.24, 2.45) is 0 Å². The number of nitrogens with zero attached hydrogens (tertiary/aromatic N) is 2. The maximum Gasteiger partial charge on any atom is 0.179 e. The molecule has 3 heteroatoms. The highest BCUT2D eigenvalue weighted by atomic mass is 28.3. The quantitative estimate of drug-likeness (QED) is 0.0956. The minimum atomic E-state index is -3.11. The summed E-state index contributed by atoms with van der Waals surface area (Å²) in [5.41, 5.74) is 11.1. The molecule has 70 heavy (non-hydrogen) atoms. The summed E-state index contributed by atoms with van der Waals surface area (Å²) >= 11 is 0. The lowest BCUT2D eigenvalue weighted by Crippen LogP contribution is -2.74. The van der Waals surface area contributed by atoms with Gasteiger partial charge in [0, 0.05) is 32.9 Å². The molecule has 0 unspecified atom stereocenters. The molecular weight excluding hydrogens is 861 g/mol. The van der Waals surface area contributed by atoms with Crippen LogP contribution in [0.4, 0.5) is 0 Å². The topological polar surface area (TPSA) is 9.86 Å². The minimum absolute atomic E-state index is 0.707. The second-order valence-corrected chi connectivity index (χ2v) is 22.2. The van der Waals surface area contributed by atoms with Gasteiger partial charge in [-0.15, -0.1) is 0 Å². The Morgan fingerprint density at radius 2 is 0.571 bits per heavy atom. The lowest BCUT2D eigenvalue weighted by Gasteiger charge is -2.40. The summed E-state index contributed by atoms with van der Waals surface area (Å²) in [5.74, 6) is 0. The maximum absolute atomic E-state index is 3.11. The minimum Gasteiger partial charge on any atom is -0.309 e. The molecule has 2 nitrogen and oxygen atoms in total. The third kappa shape index (κ3) is 6.40. The summed E-state index contributed by atoms with van der Waals surface area (Å²) in [7, 11) is -3.11. The first-order valence-electron chi connectivity index (χ1n) is 24.3. The Hall–Kier alpha value is -8.76. The second-order valence-electron chi connectivity index (χ2n) is 18.4. The van der Waals surface area contributed by atoms with E-state index in [4.69, 9.17) is 0 Å². The third-order valence-corrected chi connectivity index (χ3v) is 19.5. The van der Waals surface area contributed by atoms with E-state index in [1.807, 2.05) is 0 Å². The molecule has 0 aliphatic rings. The van der Waals surface area contributed by atoms with Crippen LogP contribution in [-0.2, 0) is 5.41 Å². The summed E-state index contributed by atoms with van der Waals surface area (Å²) < 4.78 is 4.97. The largest absolute Gasteiger partial charge is 0.309 e. The lowest BCUT2D eigenvalue weighted by molar-refractivity contribution is 0.745. The van der Waals surface area contributed by atoms with Crippen LogP contribution in [0.1, 0.15) is 22.3 Å². The van der Waals surface area contributed by atoms with Gasteiger partial charge < -0.3 is 9.13 Å². The van der Waals surface area contributed by atoms with Gasteiger partial charge in [-0.25, -0.2) is 0 Å². The monoisotopic (exact) mass is 908 g/mol. The molecular formula is C67H48N2Si. The molecule has 13 aromatic rings. The van der Waals surface area contributed by atoms with Crippen LogP contribution in [0.2, 0.25) is 0 Å². The smallest absolute Gasteiger partial charge is 0.179 e. The Balaban J connectivity index is 1.19. The summed E-state index contributed by atoms with van der Waals surface area (Å²) in [6.07, 6.45) is 0. The molecule has 0 fully saturated rings. The molecule has 0 N–H and O–H groups in total. The van der Waals surface area contributed by atoms with E-state index in [9.17, 15) is 0 Å². The van der Waals surface area contributed by atoms with Crippen LogP contribution in [0.5, 0.6) is 0 Å². The van der Waals surface area contributed by atoms with Crippen LogP contribution in [0, 0.1) is 0 Å². The Labute approximate surface area is 409 Å². The van der Waals surface area contributed by atoms with Crippen molar-refractivity contribution in [1.82, 2.24) is 9.13 Å². The first-order valence-corrected chi connectivity index (χ1v) is 26.3. The van der Waals surface area contributed by atoms with E-state index in [2.05, 4.69) is 300 Å². The fraction of sp³-hybridized carbons (Fsp3) is 0.0149. The summed E-state index contributed by atoms with van der Waals surface area (Å²) in [6, 6.07) is 109. The molecule has 330 valence electrons. The second kappa shape index (κ2) is 17.1. The highest BCUT2D eigenvalue weighted by Crippen LogP contribution is 2.46. The predicted molar refractivity (Wildman–Crippen MR) is 297 cm³/mol. The Morgan fingerprint density at radius 1 is 0.229 bits per heavy atom. The molecule has 0 saturated carbocycles. The van der Waals surface area contributed by atoms with Crippen molar-refractivity contribution in [3.8, 4) is 11.4 Å². The summed E-state index contributed by atoms with van der Waals surface area (Å²) in [6.45, 7) is 0. The zero-order valence-corrected chi connectivity index (χ0v) is 39.6. The van der Waals surface area contributed by atoms with E-state index in [1.165, 1.54) is 75.6 Å². The Morgan fingerprint density at radius 3 is 1.00 bits per heavy atom. The van der Waals surface area contributed by atoms with Crippen molar-refractivity contribution < 1.29 is 0 Å². The first-order chi connectivity index (χ1) is 34.7. The number of benzene rings is 11. The van der Waals surface area contributed by atoms with Crippen LogP contribution < -0.4 is 20.7 Å². The molecule has 0 aliphatic heterocycles. The normalized spacial score (nSPS) is 12.0. The standard InChI is InChI=1S/C67H48N2Si/c1-7-25-49(26-8-1)67(50-27-9-2-10-28-50,51-29-11-3-12-30-51)52-45-54(47-58(46-52)70(55-31-13-4-14-32-55,56-33-15-5-16-34-56)57-35-17-6-18-36-57)69-65-42-24-21-39-61(65)62-48-53(43-44-66(62)69)68-63-40-22-19-37-59(63)60-38-20-23-41-64(60)68/h1-48H. The zero-order chi connectivity index (χ0) is 46.5. The summed E-state index contributed by atoms with van der Waals surface area (Å²) in [5, 5.41) is 10.2. The molecule has 0 amide bonds. The van der Waals surface area contributed by atoms with Gasteiger partial charge in [0.2, 0.25) is 0 Å². The van der Waals surface area contributed by atoms with Gasteiger partial charge in [0.1, 0.15) is 0 Å². The highest BCUT2D eigenvalue weighted by Gasteiger charge is 2.45. The van der Waals surface area contributed by atoms with Crippen LogP contribution in [0.3, 0.4) is 0 Å². The van der Waals surface area contributed by atoms with Gasteiger partial charge in [-0.1, -0.05) is 243 Å². The van der Waals surface area contributed by atoms with Gasteiger partial charge in [-0.3, -0.25) is 0 Å². The molecule has 11 aromatic carbocycles. The average molecular weight is 909 g/mol. The number of hydrogen-bond donors (Lipinski definition) is 0. The number of rotatable bonds is 10. The van der Waals surface area contributed by atoms with Gasteiger partial charge in [0.05, 0.1) is 27.5 Å². The van der Waals surface area contributed by atoms with Crippen molar-refractivity contribution in [1.29, 1.82) is 0 Å². The van der Waals surface area contributed by atoms with Gasteiger partial charge in [-0.2, -0.15) is 0 Å². The van der Waals surface area contributed by atoms with Crippen LogP contribution in [0.25, 0.3) is 55.0 Å². The molecule has 2 heterocycles. The zero-order valence-electron chi connectivity index (χ0n) is 38.6. The first kappa shape index (κ1) is 41.4. The van der Waals surface area contributed by atoms with Crippen LogP contribution in [0.15, 0.2) is 291 Å². The van der Waals surface area contributed by atoms with Crippen molar-refractivity contribution in [3.63, 3.8) is 0 Å². The number of hydrogen-bond acceptors (Lipinski definition) is 0. The average Bonchev–Trinajstić information content (AvgIpc) is 3.96. The number of aromatic nitrogens is 2. The van der Waals surface area contributed by atoms with Crippen molar-refractivity contribution in [3.05, 3.63) is 313 Å². The lowest BCUT2D eigenvalue weighted by atomic mass is 9.65. The van der Waals surface area contributed by atoms with E-state index < -0.39 is 13.5 Å². The SMILES string of the molecule is c1ccc(C(c2ccccc2)(c2ccccc2)c2cc(-n3c4ccccc4c4cc(-n5c6ccccc6c6ccccc65)ccc43)cc([Si](c3ccccc3)(c3ccccc3)c3ccccc3)c2)cc1. The molecule has 13 rings (SSSR count). The van der Waals surface area contributed by atoms with Gasteiger partial charge >= 0.3 is 0 Å². The van der Waals surface area contributed by atoms with E-state index in [0.717, 1.165) is 22.4 Å². The van der Waals surface area contributed by atoms with Crippen LogP contribution >= 0.6 is 0 Å². The Kier molecular flexibility index (Phi) is 10.1. The van der Waals surface area contributed by atoms with Crippen molar-refractivity contribution in [2.75, 3.05) is 0 Å². The predicted octanol–water partition coefficient (Wildman–Crippen LogP) is 13.6. The van der Waals surface area contributed by atoms with Crippen molar-refractivity contribution in [2.45, 2.75) is 5.41 Å². The van der Waals surface area contributed by atoms with Crippen LogP contribution in [-0.4, -0.2) is 17.2 Å². The fourth-order valence-electron chi connectivity index (χ4n) is 11.9. The molecule has 0 atom stereocenters. The molecule has 0 spiro atoms. The third-order valence-electron chi connectivity index (χ3n) is 14.8. The van der Waals surface area contributed by atoms with E-state index in [-0.39, 0.29) is 0 Å². The van der Waals surface area contributed by atoms with Gasteiger partial charge in [-0.05, 0) is 91.5 Å². The van der Waals surface area contributed by atoms with Gasteiger partial charge in [0.15, 0.2) is 8.07 Å². The number of fused-ring (bicyclic) bond motifs is 6. The van der Waals surface area contributed by atoms with Crippen molar-refractivity contribution >= 4 is 72.4 Å². The number of para-hydroxylation sites is 3. The van der Waals surface area contributed by atoms with E-state index in [0.29, 0.717) is 0 Å². The fourth-order valence-corrected chi connectivity index (χ4v) is 16.7. The van der Waals surface area contributed by atoms with E-state index in [1.54, 1.807) is 0 Å². The highest BCUT2D eigenvalue weighted by molar-refractivity contribution is 7.20. The van der Waals surface area contributed by atoms with Gasteiger partial charge in [0.25, 0.3) is 0 Å². The summed E-state index contributed by atoms with van der Waals surface area (Å²) in [4.78, 5) is 0. The Bertz CT molecular complexity index is 3580. The van der Waals surface area contributed by atoms with E-state index >= 15 is 0 Å². The molecule has 0 bridgehead atoms. The molecule has 0 saturated heterocycles. The molecule has 0 aliphatic carbocycles. The molecule has 0 radical (unpaired) electrons.